The Hall–Kier alpha value is -8.07. The Labute approximate surface area is 334 Å². The molecule has 3 aromatic heterocycles. The second kappa shape index (κ2) is 13.6. The van der Waals surface area contributed by atoms with Crippen molar-refractivity contribution in [3.63, 3.8) is 0 Å². The molecule has 0 amide bonds. The Bertz CT molecular complexity index is 3320. The largest absolute Gasteiger partial charge is 0.453 e. The van der Waals surface area contributed by atoms with Gasteiger partial charge in [0.2, 0.25) is 0 Å². The zero-order chi connectivity index (χ0) is 38.6. The van der Waals surface area contributed by atoms with Crippen molar-refractivity contribution in [1.82, 2.24) is 14.5 Å². The quantitative estimate of drug-likeness (QED) is 0.170. The van der Waals surface area contributed by atoms with Gasteiger partial charge < -0.3 is 8.98 Å². The Balaban J connectivity index is 1.29. The van der Waals surface area contributed by atoms with Crippen molar-refractivity contribution in [3.05, 3.63) is 200 Å². The molecule has 270 valence electrons. The van der Waals surface area contributed by atoms with Crippen molar-refractivity contribution in [2.24, 2.45) is 0 Å². The van der Waals surface area contributed by atoms with Crippen LogP contribution in [-0.2, 0) is 0 Å². The first-order valence-electron chi connectivity index (χ1n) is 19.3. The van der Waals surface area contributed by atoms with Gasteiger partial charge in [0.1, 0.15) is 17.2 Å². The first-order valence-corrected chi connectivity index (χ1v) is 19.3. The number of nitrogens with zero attached hydrogens (tertiary/aromatic N) is 4. The Morgan fingerprint density at radius 2 is 0.931 bits per heavy atom. The molecule has 0 aliphatic heterocycles. The fourth-order valence-corrected chi connectivity index (χ4v) is 8.51. The third-order valence-corrected chi connectivity index (χ3v) is 11.1. The van der Waals surface area contributed by atoms with Gasteiger partial charge >= 0.3 is 0 Å². The van der Waals surface area contributed by atoms with Crippen LogP contribution in [0.1, 0.15) is 5.56 Å². The summed E-state index contributed by atoms with van der Waals surface area (Å²) in [6.45, 7) is 0. The normalized spacial score (nSPS) is 11.4. The number of benzene rings is 8. The van der Waals surface area contributed by atoms with Crippen molar-refractivity contribution in [2.45, 2.75) is 0 Å². The molecule has 11 rings (SSSR count). The van der Waals surface area contributed by atoms with Crippen LogP contribution in [0.25, 0.3) is 106 Å². The highest BCUT2D eigenvalue weighted by molar-refractivity contribution is 6.22. The second-order valence-corrected chi connectivity index (χ2v) is 14.4. The lowest BCUT2D eigenvalue weighted by Gasteiger charge is -2.19. The molecule has 0 unspecified atom stereocenters. The van der Waals surface area contributed by atoms with Crippen LogP contribution in [0.5, 0.6) is 0 Å². The summed E-state index contributed by atoms with van der Waals surface area (Å²) in [6.07, 6.45) is 0. The van der Waals surface area contributed by atoms with Crippen LogP contribution < -0.4 is 0 Å². The summed E-state index contributed by atoms with van der Waals surface area (Å²) >= 11 is 0. The molecule has 0 aliphatic carbocycles. The van der Waals surface area contributed by atoms with Crippen LogP contribution >= 0.6 is 0 Å². The second-order valence-electron chi connectivity index (χ2n) is 14.4. The minimum Gasteiger partial charge on any atom is -0.453 e. The van der Waals surface area contributed by atoms with Crippen LogP contribution in [0.4, 0.5) is 0 Å². The zero-order valence-electron chi connectivity index (χ0n) is 31.2. The molecule has 0 saturated heterocycles. The van der Waals surface area contributed by atoms with Crippen LogP contribution in [0.15, 0.2) is 199 Å². The van der Waals surface area contributed by atoms with Gasteiger partial charge in [-0.2, -0.15) is 5.26 Å². The van der Waals surface area contributed by atoms with Gasteiger partial charge in [-0.25, -0.2) is 9.97 Å². The Morgan fingerprint density at radius 3 is 1.57 bits per heavy atom. The van der Waals surface area contributed by atoms with Crippen LogP contribution in [0, 0.1) is 11.3 Å². The summed E-state index contributed by atoms with van der Waals surface area (Å²) in [4.78, 5) is 10.7. The minimum atomic E-state index is 0.426. The lowest BCUT2D eigenvalue weighted by molar-refractivity contribution is 0.672. The number of aromatic nitrogens is 3. The van der Waals surface area contributed by atoms with Crippen molar-refractivity contribution in [2.75, 3.05) is 0 Å². The van der Waals surface area contributed by atoms with Gasteiger partial charge in [-0.15, -0.1) is 0 Å². The Morgan fingerprint density at radius 1 is 0.431 bits per heavy atom. The number of rotatable bonds is 6. The maximum atomic E-state index is 10.8. The van der Waals surface area contributed by atoms with Crippen LogP contribution in [0.3, 0.4) is 0 Å². The smallest absolute Gasteiger partial charge is 0.163 e. The molecule has 0 spiro atoms. The Kier molecular flexibility index (Phi) is 7.80. The molecule has 3 heterocycles. The van der Waals surface area contributed by atoms with E-state index in [0.717, 1.165) is 88.4 Å². The molecule has 0 N–H and O–H groups in total. The van der Waals surface area contributed by atoms with E-state index in [9.17, 15) is 5.26 Å². The first kappa shape index (κ1) is 33.3. The van der Waals surface area contributed by atoms with Gasteiger partial charge in [0.15, 0.2) is 11.4 Å². The average Bonchev–Trinajstić information content (AvgIpc) is 3.86. The maximum absolute atomic E-state index is 10.8. The number of fused-ring (bicyclic) bond motifs is 7. The number of furan rings is 1. The molecule has 0 bridgehead atoms. The predicted octanol–water partition coefficient (Wildman–Crippen LogP) is 13.7. The maximum Gasteiger partial charge on any atom is 0.163 e. The number of nitriles is 1. The number of hydrogen-bond acceptors (Lipinski definition) is 4. The van der Waals surface area contributed by atoms with E-state index in [1.54, 1.807) is 0 Å². The monoisotopic (exact) mass is 740 g/mol. The predicted molar refractivity (Wildman–Crippen MR) is 236 cm³/mol. The van der Waals surface area contributed by atoms with E-state index >= 15 is 0 Å². The molecule has 0 atom stereocenters. The average molecular weight is 741 g/mol. The molecular weight excluding hydrogens is 709 g/mol. The molecular formula is C53H32N4O. The highest BCUT2D eigenvalue weighted by Gasteiger charge is 2.26. The highest BCUT2D eigenvalue weighted by Crippen LogP contribution is 2.46. The molecule has 5 heteroatoms. The van der Waals surface area contributed by atoms with Gasteiger partial charge in [-0.3, -0.25) is 0 Å². The van der Waals surface area contributed by atoms with Gasteiger partial charge in [0.05, 0.1) is 33.7 Å². The third kappa shape index (κ3) is 5.24. The summed E-state index contributed by atoms with van der Waals surface area (Å²) in [5.74, 6) is 0.514. The van der Waals surface area contributed by atoms with E-state index < -0.39 is 0 Å². The first-order chi connectivity index (χ1) is 28.8. The van der Waals surface area contributed by atoms with Gasteiger partial charge in [0.25, 0.3) is 0 Å². The standard InChI is InChI=1S/C53H32N4O/c54-33-44-48(36-21-9-3-10-22-36)55-53(56-49(44)37-23-11-4-12-24-37)47-38(34-17-5-1-6-18-34)26-16-30-46(47)57-45-29-14-13-25-40(45)41-31-32-43-42-28-15-27-39(35-19-7-2-8-20-35)51(42)58-52(43)50(41)57/h1-32H. The van der Waals surface area contributed by atoms with Crippen molar-refractivity contribution in [1.29, 1.82) is 5.26 Å². The van der Waals surface area contributed by atoms with Gasteiger partial charge in [0, 0.05) is 38.2 Å². The summed E-state index contributed by atoms with van der Waals surface area (Å²) in [7, 11) is 0. The summed E-state index contributed by atoms with van der Waals surface area (Å²) in [5.41, 5.74) is 12.8. The molecule has 11 aromatic rings. The molecule has 0 saturated carbocycles. The number of para-hydroxylation sites is 2. The molecule has 0 fully saturated rings. The molecule has 0 aliphatic rings. The molecule has 8 aromatic carbocycles. The van der Waals surface area contributed by atoms with Crippen LogP contribution in [-0.4, -0.2) is 14.5 Å². The van der Waals surface area contributed by atoms with Gasteiger partial charge in [-0.05, 0) is 34.9 Å². The fraction of sp³-hybridized carbons (Fsp3) is 0. The van der Waals surface area contributed by atoms with Gasteiger partial charge in [-0.1, -0.05) is 176 Å². The highest BCUT2D eigenvalue weighted by atomic mass is 16.3. The molecule has 5 nitrogen and oxygen atoms in total. The minimum absolute atomic E-state index is 0.426. The van der Waals surface area contributed by atoms with Crippen molar-refractivity contribution in [3.8, 4) is 67.9 Å². The third-order valence-electron chi connectivity index (χ3n) is 11.1. The summed E-state index contributed by atoms with van der Waals surface area (Å²) in [6, 6.07) is 68.8. The fourth-order valence-electron chi connectivity index (χ4n) is 8.51. The zero-order valence-corrected chi connectivity index (χ0v) is 31.2. The molecule has 0 radical (unpaired) electrons. The van der Waals surface area contributed by atoms with E-state index in [2.05, 4.69) is 132 Å². The SMILES string of the molecule is N#Cc1c(-c2ccccc2)nc(-c2c(-c3ccccc3)cccc2-n2c3ccccc3c3ccc4c5cccc(-c6ccccc6)c5oc4c32)nc1-c1ccccc1. The van der Waals surface area contributed by atoms with E-state index in [-0.39, 0.29) is 0 Å². The lowest BCUT2D eigenvalue weighted by Crippen LogP contribution is -2.05. The van der Waals surface area contributed by atoms with Crippen LogP contribution in [0.2, 0.25) is 0 Å². The van der Waals surface area contributed by atoms with E-state index in [1.807, 2.05) is 72.8 Å². The lowest BCUT2D eigenvalue weighted by atomic mass is 9.95. The van der Waals surface area contributed by atoms with E-state index in [4.69, 9.17) is 14.4 Å². The summed E-state index contributed by atoms with van der Waals surface area (Å²) < 4.78 is 9.42. The topological polar surface area (TPSA) is 67.6 Å². The van der Waals surface area contributed by atoms with Crippen molar-refractivity contribution < 1.29 is 4.42 Å². The van der Waals surface area contributed by atoms with Crippen molar-refractivity contribution >= 4 is 43.7 Å². The van der Waals surface area contributed by atoms with E-state index in [1.165, 1.54) is 0 Å². The summed E-state index contributed by atoms with van der Waals surface area (Å²) in [5, 5.41) is 15.0. The molecule has 58 heavy (non-hydrogen) atoms. The van der Waals surface area contributed by atoms with E-state index in [0.29, 0.717) is 22.8 Å². The number of hydrogen-bond donors (Lipinski definition) is 0.